The molecule has 3 aromatic carbocycles. The minimum Gasteiger partial charge on any atom is -0.488 e. The highest BCUT2D eigenvalue weighted by Crippen LogP contribution is 2.37. The number of aliphatic hydroxyl groups excluding tert-OH is 3. The Morgan fingerprint density at radius 1 is 0.912 bits per heavy atom. The summed E-state index contributed by atoms with van der Waals surface area (Å²) in [7, 11) is -9.00. The van der Waals surface area contributed by atoms with Crippen molar-refractivity contribution in [3.05, 3.63) is 117 Å². The quantitative estimate of drug-likeness (QED) is 0.0611. The summed E-state index contributed by atoms with van der Waals surface area (Å²) in [6.07, 6.45) is -3.19. The van der Waals surface area contributed by atoms with Gasteiger partial charge in [0.05, 0.1) is 29.9 Å². The molecule has 68 heavy (non-hydrogen) atoms. The van der Waals surface area contributed by atoms with Crippen molar-refractivity contribution in [3.63, 3.8) is 0 Å². The Kier molecular flexibility index (Phi) is 16.7. The van der Waals surface area contributed by atoms with Gasteiger partial charge in [-0.15, -0.1) is 5.10 Å². The zero-order valence-corrected chi connectivity index (χ0v) is 38.9. The third-order valence-electron chi connectivity index (χ3n) is 10.9. The summed E-state index contributed by atoms with van der Waals surface area (Å²) in [5.41, 5.74) is 5.92. The standard InChI is InChI=1S/C43H47ClFN7O14S2/c1-24-28(6-4-7-31(24)32-8-5-9-34(25(32)2)65-23-30-19-52(50-49-30)43-42(56)41(55)40(54)37(13-45)66-43)22-64-36-12-35(63-21-27-10-26(14-46)15-47-16-27)29(11-33(36)44)18-51(3)20-38(53)48-17-39(67(57,58)59)68(60,61)62/h4-12,15-16,19,37,39-43,54-56H,13,17-18,20-23H2,1-3H3,(H,48,53)(H,57,58,59)(H,60,61,62)/t37-,40-,41+,42-,43-/m1/s1. The number of likely N-dealkylation sites (N-methyl/N-ethyl adjacent to an activating group) is 1. The van der Waals surface area contributed by atoms with E-state index in [2.05, 4.69) is 20.6 Å². The molecule has 3 heterocycles. The molecular formula is C43H47ClFN7O14S2. The molecule has 6 N–H and O–H groups in total. The number of halogens is 2. The highest BCUT2D eigenvalue weighted by molar-refractivity contribution is 8.04. The Bertz CT molecular complexity index is 2850. The SMILES string of the molecule is Cc1c(COc2cc(OCc3cncc(C#N)c3)c(CN(C)CC(=O)NCC(S(=O)(=O)O)S(=O)(=O)O)cc2Cl)cccc1-c1cccc(OCc2cn([C@@H]3O[C@H](CF)[C@@H](O)[C@H](O)[C@H]3O)nn2)c1C. The zero-order valence-electron chi connectivity index (χ0n) is 36.5. The lowest BCUT2D eigenvalue weighted by molar-refractivity contribution is -0.250. The van der Waals surface area contributed by atoms with Crippen LogP contribution in [0.3, 0.4) is 0 Å². The van der Waals surface area contributed by atoms with Crippen molar-refractivity contribution in [2.45, 2.75) is 75.4 Å². The first kappa shape index (κ1) is 51.5. The van der Waals surface area contributed by atoms with E-state index in [-0.39, 0.29) is 42.9 Å². The minimum absolute atomic E-state index is 0.0149. The summed E-state index contributed by atoms with van der Waals surface area (Å²) in [6, 6.07) is 18.0. The largest absolute Gasteiger partial charge is 0.488 e. The number of carbonyl (C=O) groups excluding carboxylic acids is 1. The number of hydrogen-bond acceptors (Lipinski definition) is 17. The molecule has 25 heteroatoms. The van der Waals surface area contributed by atoms with Crippen LogP contribution in [0.1, 0.15) is 45.3 Å². The molecule has 21 nitrogen and oxygen atoms in total. The van der Waals surface area contributed by atoms with E-state index >= 15 is 0 Å². The monoisotopic (exact) mass is 1000 g/mol. The van der Waals surface area contributed by atoms with Crippen molar-refractivity contribution in [1.29, 1.82) is 5.26 Å². The van der Waals surface area contributed by atoms with E-state index in [1.54, 1.807) is 24.3 Å². The van der Waals surface area contributed by atoms with Crippen molar-refractivity contribution in [2.24, 2.45) is 0 Å². The molecule has 1 fully saturated rings. The van der Waals surface area contributed by atoms with Gasteiger partial charge in [0.2, 0.25) is 10.5 Å². The van der Waals surface area contributed by atoms with Gasteiger partial charge in [-0.3, -0.25) is 23.8 Å². The Balaban J connectivity index is 1.16. The molecule has 0 saturated carbocycles. The number of aliphatic hydroxyl groups is 3. The molecule has 0 aliphatic carbocycles. The number of amides is 1. The van der Waals surface area contributed by atoms with Crippen LogP contribution in [0.2, 0.25) is 5.02 Å². The van der Waals surface area contributed by atoms with Gasteiger partial charge in [-0.1, -0.05) is 47.1 Å². The number of benzene rings is 3. The van der Waals surface area contributed by atoms with Crippen LogP contribution < -0.4 is 19.5 Å². The van der Waals surface area contributed by atoms with Gasteiger partial charge in [0.1, 0.15) is 79.9 Å². The fourth-order valence-corrected chi connectivity index (χ4v) is 9.28. The number of nitrogens with zero attached hydrogens (tertiary/aromatic N) is 6. The Morgan fingerprint density at radius 3 is 2.28 bits per heavy atom. The average Bonchev–Trinajstić information content (AvgIpc) is 3.75. The Labute approximate surface area is 395 Å². The predicted octanol–water partition coefficient (Wildman–Crippen LogP) is 2.82. The number of carbonyl (C=O) groups is 1. The number of nitriles is 1. The normalized spacial score (nSPS) is 18.6. The van der Waals surface area contributed by atoms with Crippen LogP contribution in [0.4, 0.5) is 4.39 Å². The van der Waals surface area contributed by atoms with Crippen molar-refractivity contribution in [1.82, 2.24) is 30.2 Å². The summed E-state index contributed by atoms with van der Waals surface area (Å²) in [5.74, 6) is 0.220. The van der Waals surface area contributed by atoms with Gasteiger partial charge in [-0.25, -0.2) is 9.07 Å². The van der Waals surface area contributed by atoms with E-state index in [1.165, 1.54) is 30.5 Å². The highest BCUT2D eigenvalue weighted by Gasteiger charge is 2.45. The van der Waals surface area contributed by atoms with E-state index in [9.17, 15) is 55.7 Å². The zero-order chi connectivity index (χ0) is 49.5. The summed E-state index contributed by atoms with van der Waals surface area (Å²) in [4.78, 5) is 18.2. The van der Waals surface area contributed by atoms with Crippen molar-refractivity contribution < 1.29 is 69.4 Å². The second kappa shape index (κ2) is 22.1. The summed E-state index contributed by atoms with van der Waals surface area (Å²) >= 11 is 6.77. The molecule has 5 aromatic rings. The van der Waals surface area contributed by atoms with E-state index in [4.69, 9.17) is 30.5 Å². The number of alkyl halides is 1. The first-order valence-electron chi connectivity index (χ1n) is 20.5. The molecule has 0 bridgehead atoms. The Morgan fingerprint density at radius 2 is 1.59 bits per heavy atom. The average molecular weight is 1000 g/mol. The lowest BCUT2D eigenvalue weighted by Gasteiger charge is -2.39. The fourth-order valence-electron chi connectivity index (χ4n) is 7.22. The smallest absolute Gasteiger partial charge is 0.286 e. The second-order valence-electron chi connectivity index (χ2n) is 15.8. The van der Waals surface area contributed by atoms with Gasteiger partial charge in [0, 0.05) is 36.1 Å². The number of ether oxygens (including phenoxy) is 4. The maximum absolute atomic E-state index is 13.4. The lowest BCUT2D eigenvalue weighted by atomic mass is 9.93. The number of rotatable bonds is 20. The molecule has 2 aromatic heterocycles. The van der Waals surface area contributed by atoms with Gasteiger partial charge in [-0.05, 0) is 66.9 Å². The molecular weight excluding hydrogens is 957 g/mol. The highest BCUT2D eigenvalue weighted by atomic mass is 35.5. The molecule has 0 radical (unpaired) electrons. The number of hydrogen-bond donors (Lipinski definition) is 6. The van der Waals surface area contributed by atoms with Crippen LogP contribution in [0.15, 0.2) is 73.2 Å². The van der Waals surface area contributed by atoms with Crippen molar-refractivity contribution >= 4 is 37.7 Å². The molecule has 364 valence electrons. The maximum Gasteiger partial charge on any atom is 0.286 e. The minimum atomic E-state index is -5.27. The van der Waals surface area contributed by atoms with Crippen LogP contribution in [-0.4, -0.2) is 128 Å². The van der Waals surface area contributed by atoms with Crippen molar-refractivity contribution in [3.8, 4) is 34.4 Å². The molecule has 1 aliphatic heterocycles. The molecule has 1 aliphatic rings. The van der Waals surface area contributed by atoms with E-state index in [0.29, 0.717) is 28.1 Å². The van der Waals surface area contributed by atoms with E-state index in [0.717, 1.165) is 32.5 Å². The number of nitrogens with one attached hydrogen (secondary N) is 1. The molecule has 6 rings (SSSR count). The second-order valence-corrected chi connectivity index (χ2v) is 19.7. The molecule has 5 atom stereocenters. The first-order chi connectivity index (χ1) is 32.2. The lowest BCUT2D eigenvalue weighted by Crippen LogP contribution is -2.56. The van der Waals surface area contributed by atoms with Crippen LogP contribution in [0.5, 0.6) is 17.2 Å². The van der Waals surface area contributed by atoms with Crippen LogP contribution in [0, 0.1) is 25.2 Å². The summed E-state index contributed by atoms with van der Waals surface area (Å²) in [6.45, 7) is 1.23. The third-order valence-corrected chi connectivity index (χ3v) is 14.3. The topological polar surface area (TPSA) is 306 Å². The number of aromatic nitrogens is 4. The molecule has 1 saturated heterocycles. The van der Waals surface area contributed by atoms with Gasteiger partial charge >= 0.3 is 0 Å². The molecule has 0 spiro atoms. The van der Waals surface area contributed by atoms with E-state index in [1.807, 2.05) is 50.2 Å². The van der Waals surface area contributed by atoms with Gasteiger partial charge in [0.15, 0.2) is 6.23 Å². The summed E-state index contributed by atoms with van der Waals surface area (Å²) < 4.78 is 100. The van der Waals surface area contributed by atoms with Gasteiger partial charge < -0.3 is 39.6 Å². The van der Waals surface area contributed by atoms with Crippen molar-refractivity contribution in [2.75, 3.05) is 26.8 Å². The number of pyridine rings is 1. The molecule has 1 amide bonds. The van der Waals surface area contributed by atoms with Gasteiger partial charge in [-0.2, -0.15) is 22.1 Å². The fraction of sp³-hybridized carbons (Fsp3) is 0.372. The summed E-state index contributed by atoms with van der Waals surface area (Å²) in [5, 5.41) is 50.3. The van der Waals surface area contributed by atoms with Crippen LogP contribution >= 0.6 is 11.6 Å². The predicted molar refractivity (Wildman–Crippen MR) is 239 cm³/mol. The maximum atomic E-state index is 13.4. The first-order valence-corrected chi connectivity index (χ1v) is 23.8. The third kappa shape index (κ3) is 12.6. The Hall–Kier alpha value is -5.85. The van der Waals surface area contributed by atoms with Crippen LogP contribution in [0.25, 0.3) is 11.1 Å². The van der Waals surface area contributed by atoms with Crippen LogP contribution in [-0.2, 0) is 56.1 Å². The molecule has 0 unspecified atom stereocenters. The van der Waals surface area contributed by atoms with Gasteiger partial charge in [0.25, 0.3) is 20.2 Å². The van der Waals surface area contributed by atoms with E-state index < -0.39 is 81.1 Å².